The molecular weight excluding hydrogens is 460 g/mol. The molecule has 0 bridgehead atoms. The number of hydrogen-bond donors (Lipinski definition) is 2. The van der Waals surface area contributed by atoms with Crippen molar-refractivity contribution in [3.05, 3.63) is 36.5 Å². The Bertz CT molecular complexity index is 1150. The van der Waals surface area contributed by atoms with Gasteiger partial charge in [0.1, 0.15) is 5.75 Å². The fraction of sp³-hybridized carbons (Fsp3) is 0.292. The molecule has 0 aliphatic heterocycles. The van der Waals surface area contributed by atoms with Gasteiger partial charge in [0.25, 0.3) is 0 Å². The molecule has 2 aromatic carbocycles. The van der Waals surface area contributed by atoms with E-state index in [0.29, 0.717) is 28.7 Å². The highest BCUT2D eigenvalue weighted by molar-refractivity contribution is 7.10. The molecular formula is C24H26N2O7S. The van der Waals surface area contributed by atoms with E-state index in [1.54, 1.807) is 39.7 Å². The minimum absolute atomic E-state index is 0.0662. The number of carbonyl (C=O) groups excluding carboxylic acids is 1. The van der Waals surface area contributed by atoms with Crippen LogP contribution in [0.3, 0.4) is 0 Å². The van der Waals surface area contributed by atoms with Crippen LogP contribution in [0.1, 0.15) is 19.3 Å². The zero-order chi connectivity index (χ0) is 24.7. The van der Waals surface area contributed by atoms with E-state index in [-0.39, 0.29) is 25.2 Å². The Morgan fingerprint density at radius 2 is 1.59 bits per heavy atom. The molecule has 0 unspecified atom stereocenters. The Balaban J connectivity index is 1.96. The molecule has 1 heterocycles. The Labute approximate surface area is 201 Å². The molecule has 0 fully saturated rings. The summed E-state index contributed by atoms with van der Waals surface area (Å²) >= 11 is 1.32. The van der Waals surface area contributed by atoms with Crippen LogP contribution in [0.4, 0.5) is 5.69 Å². The number of carboxylic acids is 1. The summed E-state index contributed by atoms with van der Waals surface area (Å²) in [7, 11) is 6.18. The molecule has 3 aromatic rings. The first-order valence-electron chi connectivity index (χ1n) is 10.4. The molecule has 1 amide bonds. The summed E-state index contributed by atoms with van der Waals surface area (Å²) in [6.07, 6.45) is 2.03. The predicted molar refractivity (Wildman–Crippen MR) is 129 cm³/mol. The normalized spacial score (nSPS) is 10.5. The van der Waals surface area contributed by atoms with Crippen molar-refractivity contribution in [2.45, 2.75) is 19.3 Å². The van der Waals surface area contributed by atoms with E-state index in [4.69, 9.17) is 24.1 Å². The van der Waals surface area contributed by atoms with Gasteiger partial charge in [-0.3, -0.25) is 9.59 Å². The average Bonchev–Trinajstić information content (AvgIpc) is 3.32. The van der Waals surface area contributed by atoms with Crippen LogP contribution in [-0.2, 0) is 9.59 Å². The first-order valence-corrected chi connectivity index (χ1v) is 11.1. The van der Waals surface area contributed by atoms with Crippen LogP contribution in [0.25, 0.3) is 21.6 Å². The van der Waals surface area contributed by atoms with Crippen LogP contribution in [-0.4, -0.2) is 49.8 Å². The van der Waals surface area contributed by atoms with Crippen molar-refractivity contribution in [1.29, 1.82) is 0 Å². The highest BCUT2D eigenvalue weighted by Crippen LogP contribution is 2.45. The van der Waals surface area contributed by atoms with E-state index < -0.39 is 5.97 Å². The number of anilines is 1. The topological polar surface area (TPSA) is 116 Å². The molecule has 0 saturated heterocycles. The fourth-order valence-corrected chi connectivity index (χ4v) is 4.21. The third kappa shape index (κ3) is 5.57. The van der Waals surface area contributed by atoms with E-state index in [9.17, 15) is 9.59 Å². The van der Waals surface area contributed by atoms with Crippen LogP contribution in [0, 0.1) is 0 Å². The zero-order valence-corrected chi connectivity index (χ0v) is 20.2. The highest BCUT2D eigenvalue weighted by Gasteiger charge is 2.19. The van der Waals surface area contributed by atoms with Crippen molar-refractivity contribution in [2.75, 3.05) is 33.8 Å². The summed E-state index contributed by atoms with van der Waals surface area (Å²) in [4.78, 5) is 23.9. The minimum atomic E-state index is -0.934. The molecule has 180 valence electrons. The number of carboxylic acid groups (broad SMARTS) is 1. The zero-order valence-electron chi connectivity index (χ0n) is 19.3. The third-order valence-corrected chi connectivity index (χ3v) is 5.93. The lowest BCUT2D eigenvalue weighted by atomic mass is 10.0. The molecule has 34 heavy (non-hydrogen) atoms. The molecule has 10 heteroatoms. The number of aromatic nitrogens is 1. The minimum Gasteiger partial charge on any atom is -0.495 e. The first-order chi connectivity index (χ1) is 16.4. The van der Waals surface area contributed by atoms with Crippen LogP contribution in [0.15, 0.2) is 36.5 Å². The fourth-order valence-electron chi connectivity index (χ4n) is 3.45. The third-order valence-electron chi connectivity index (χ3n) is 5.08. The second kappa shape index (κ2) is 11.4. The van der Waals surface area contributed by atoms with Crippen LogP contribution >= 0.6 is 11.5 Å². The van der Waals surface area contributed by atoms with Crippen LogP contribution < -0.4 is 24.3 Å². The van der Waals surface area contributed by atoms with Gasteiger partial charge in [0.05, 0.1) is 39.0 Å². The first kappa shape index (κ1) is 24.8. The lowest BCUT2D eigenvalue weighted by molar-refractivity contribution is -0.137. The number of ether oxygens (including phenoxy) is 4. The maximum atomic E-state index is 12.3. The molecule has 9 nitrogen and oxygen atoms in total. The Hall–Kier alpha value is -3.79. The lowest BCUT2D eigenvalue weighted by Gasteiger charge is -2.15. The number of amides is 1. The van der Waals surface area contributed by atoms with Crippen LogP contribution in [0.2, 0.25) is 0 Å². The number of carbonyl (C=O) groups is 2. The van der Waals surface area contributed by atoms with Crippen molar-refractivity contribution in [3.63, 3.8) is 0 Å². The molecule has 0 aliphatic rings. The number of nitrogens with one attached hydrogen (secondary N) is 1. The average molecular weight is 487 g/mol. The second-order valence-corrected chi connectivity index (χ2v) is 7.99. The number of benzene rings is 2. The van der Waals surface area contributed by atoms with Crippen molar-refractivity contribution in [2.24, 2.45) is 0 Å². The van der Waals surface area contributed by atoms with Gasteiger partial charge < -0.3 is 29.4 Å². The largest absolute Gasteiger partial charge is 0.495 e. The summed E-state index contributed by atoms with van der Waals surface area (Å²) in [6, 6.07) is 9.15. The summed E-state index contributed by atoms with van der Waals surface area (Å²) in [5.41, 5.74) is 2.99. The quantitative estimate of drug-likeness (QED) is 0.400. The highest BCUT2D eigenvalue weighted by atomic mass is 32.1. The SMILES string of the molecule is COc1ccc(-c2cnsc2-c2cc(OC)c(OC)c(OC)c2)cc1NC(=O)CCCC(=O)O. The molecule has 0 radical (unpaired) electrons. The van der Waals surface area contributed by atoms with E-state index >= 15 is 0 Å². The van der Waals surface area contributed by atoms with Crippen molar-refractivity contribution < 1.29 is 33.6 Å². The van der Waals surface area contributed by atoms with E-state index in [1.807, 2.05) is 18.2 Å². The number of nitrogens with zero attached hydrogens (tertiary/aromatic N) is 1. The van der Waals surface area contributed by atoms with Crippen LogP contribution in [0.5, 0.6) is 23.0 Å². The van der Waals surface area contributed by atoms with Gasteiger partial charge in [0.2, 0.25) is 11.7 Å². The predicted octanol–water partition coefficient (Wildman–Crippen LogP) is 4.70. The molecule has 0 saturated carbocycles. The number of rotatable bonds is 11. The maximum Gasteiger partial charge on any atom is 0.303 e. The number of hydrogen-bond acceptors (Lipinski definition) is 8. The molecule has 3 rings (SSSR count). The summed E-state index contributed by atoms with van der Waals surface area (Å²) in [5.74, 6) is 0.826. The second-order valence-electron chi connectivity index (χ2n) is 7.19. The summed E-state index contributed by atoms with van der Waals surface area (Å²) < 4.78 is 26.1. The summed E-state index contributed by atoms with van der Waals surface area (Å²) in [5, 5.41) is 11.6. The van der Waals surface area contributed by atoms with E-state index in [2.05, 4.69) is 9.69 Å². The molecule has 1 aromatic heterocycles. The van der Waals surface area contributed by atoms with Gasteiger partial charge in [-0.2, -0.15) is 4.37 Å². The molecule has 0 atom stereocenters. The standard InChI is InChI=1S/C24H26N2O7S/c1-30-18-9-8-14(10-17(18)26-21(27)6-5-7-22(28)29)16-13-25-34-24(16)15-11-19(31-2)23(33-4)20(12-15)32-3/h8-13H,5-7H2,1-4H3,(H,26,27)(H,28,29). The van der Waals surface area contributed by atoms with E-state index in [0.717, 1.165) is 21.6 Å². The van der Waals surface area contributed by atoms with Gasteiger partial charge in [0, 0.05) is 30.2 Å². The Morgan fingerprint density at radius 1 is 0.912 bits per heavy atom. The van der Waals surface area contributed by atoms with E-state index in [1.165, 1.54) is 18.6 Å². The number of methoxy groups -OCH3 is 4. The lowest BCUT2D eigenvalue weighted by Crippen LogP contribution is -2.12. The molecule has 0 spiro atoms. The van der Waals surface area contributed by atoms with Gasteiger partial charge in [-0.1, -0.05) is 6.07 Å². The Kier molecular flexibility index (Phi) is 8.31. The van der Waals surface area contributed by atoms with Gasteiger partial charge in [0.15, 0.2) is 11.5 Å². The van der Waals surface area contributed by atoms with Gasteiger partial charge in [-0.05, 0) is 47.8 Å². The van der Waals surface area contributed by atoms with Crippen molar-refractivity contribution in [3.8, 4) is 44.6 Å². The monoisotopic (exact) mass is 486 g/mol. The maximum absolute atomic E-state index is 12.3. The van der Waals surface area contributed by atoms with Crippen molar-refractivity contribution >= 4 is 29.1 Å². The Morgan fingerprint density at radius 3 is 2.18 bits per heavy atom. The smallest absolute Gasteiger partial charge is 0.303 e. The molecule has 2 N–H and O–H groups in total. The van der Waals surface area contributed by atoms with Gasteiger partial charge in [-0.15, -0.1) is 0 Å². The molecule has 0 aliphatic carbocycles. The number of aliphatic carboxylic acids is 1. The summed E-state index contributed by atoms with van der Waals surface area (Å²) in [6.45, 7) is 0. The van der Waals surface area contributed by atoms with Gasteiger partial charge >= 0.3 is 5.97 Å². The van der Waals surface area contributed by atoms with Gasteiger partial charge in [-0.25, -0.2) is 0 Å². The van der Waals surface area contributed by atoms with Crippen molar-refractivity contribution in [1.82, 2.24) is 4.37 Å².